The fourth-order valence-corrected chi connectivity index (χ4v) is 2.82. The number of aromatic hydroxyl groups is 1. The maximum atomic E-state index is 12.0. The van der Waals surface area contributed by atoms with Gasteiger partial charge in [0.1, 0.15) is 11.5 Å². The molecule has 0 aliphatic carbocycles. The molecule has 0 saturated heterocycles. The Hall–Kier alpha value is -1.55. The zero-order valence-electron chi connectivity index (χ0n) is 12.1. The molecule has 0 aliphatic heterocycles. The number of benzene rings is 1. The van der Waals surface area contributed by atoms with Crippen LogP contribution in [-0.2, 0) is 19.3 Å². The molecule has 0 aliphatic rings. The molecule has 2 rings (SSSR count). The third kappa shape index (κ3) is 3.97. The van der Waals surface area contributed by atoms with Crippen molar-refractivity contribution in [2.75, 3.05) is 0 Å². The van der Waals surface area contributed by atoms with E-state index in [1.54, 1.807) is 0 Å². The molecule has 0 amide bonds. The number of rotatable bonds is 6. The molecule has 21 heavy (non-hydrogen) atoms. The lowest BCUT2D eigenvalue weighted by atomic mass is 10.0. The van der Waals surface area contributed by atoms with Gasteiger partial charge in [-0.3, -0.25) is 0 Å². The molecule has 1 aromatic carbocycles. The Morgan fingerprint density at radius 3 is 2.52 bits per heavy atom. The van der Waals surface area contributed by atoms with Gasteiger partial charge in [0.15, 0.2) is 0 Å². The molecule has 1 N–H and O–H groups in total. The van der Waals surface area contributed by atoms with Gasteiger partial charge in [-0.05, 0) is 47.2 Å². The van der Waals surface area contributed by atoms with E-state index >= 15 is 0 Å². The monoisotopic (exact) mass is 350 g/mol. The predicted molar refractivity (Wildman–Crippen MR) is 86.8 cm³/mol. The topological polar surface area (TPSA) is 50.4 Å². The predicted octanol–water partition coefficient (Wildman–Crippen LogP) is 4.24. The van der Waals surface area contributed by atoms with Gasteiger partial charge in [-0.15, -0.1) is 0 Å². The van der Waals surface area contributed by atoms with Crippen LogP contribution in [0.3, 0.4) is 0 Å². The van der Waals surface area contributed by atoms with E-state index in [2.05, 4.69) is 28.1 Å². The van der Waals surface area contributed by atoms with Gasteiger partial charge >= 0.3 is 5.63 Å². The highest BCUT2D eigenvalue weighted by molar-refractivity contribution is 9.10. The van der Waals surface area contributed by atoms with E-state index in [-0.39, 0.29) is 5.75 Å². The summed E-state index contributed by atoms with van der Waals surface area (Å²) in [5.41, 5.74) is 1.16. The first kappa shape index (κ1) is 15.8. The number of hydrogen-bond donors (Lipinski definition) is 1. The van der Waals surface area contributed by atoms with Crippen LogP contribution < -0.4 is 5.63 Å². The van der Waals surface area contributed by atoms with E-state index < -0.39 is 5.63 Å². The molecule has 0 atom stereocenters. The van der Waals surface area contributed by atoms with E-state index in [1.165, 1.54) is 5.56 Å². The molecule has 0 fully saturated rings. The smallest absolute Gasteiger partial charge is 0.342 e. The van der Waals surface area contributed by atoms with Gasteiger partial charge in [-0.2, -0.15) is 0 Å². The van der Waals surface area contributed by atoms with E-state index in [9.17, 15) is 9.90 Å². The van der Waals surface area contributed by atoms with Crippen molar-refractivity contribution in [1.29, 1.82) is 0 Å². The Morgan fingerprint density at radius 1 is 1.14 bits per heavy atom. The van der Waals surface area contributed by atoms with E-state index in [0.29, 0.717) is 28.6 Å². The average Bonchev–Trinajstić information content (AvgIpc) is 2.49. The van der Waals surface area contributed by atoms with Gasteiger partial charge in [0.05, 0.1) is 10.0 Å². The zero-order valence-corrected chi connectivity index (χ0v) is 13.6. The Kier molecular flexibility index (Phi) is 5.62. The molecular weight excluding hydrogens is 332 g/mol. The highest BCUT2D eigenvalue weighted by atomic mass is 79.9. The minimum Gasteiger partial charge on any atom is -0.506 e. The summed E-state index contributed by atoms with van der Waals surface area (Å²) in [5, 5.41) is 10.2. The summed E-state index contributed by atoms with van der Waals surface area (Å²) in [6, 6.07) is 10.1. The highest BCUT2D eigenvalue weighted by Crippen LogP contribution is 2.30. The van der Waals surface area contributed by atoms with E-state index in [1.807, 2.05) is 25.1 Å². The van der Waals surface area contributed by atoms with Crippen LogP contribution >= 0.6 is 15.9 Å². The summed E-state index contributed by atoms with van der Waals surface area (Å²) in [4.78, 5) is 12.0. The normalized spacial score (nSPS) is 10.8. The summed E-state index contributed by atoms with van der Waals surface area (Å²) in [7, 11) is 0. The van der Waals surface area contributed by atoms with Crippen LogP contribution in [0.5, 0.6) is 5.75 Å². The number of halogens is 1. The van der Waals surface area contributed by atoms with Crippen LogP contribution in [0.1, 0.15) is 36.7 Å². The first-order chi connectivity index (χ1) is 10.1. The maximum absolute atomic E-state index is 12.0. The van der Waals surface area contributed by atoms with Gasteiger partial charge in [-0.1, -0.05) is 37.3 Å². The fourth-order valence-electron chi connectivity index (χ4n) is 2.30. The molecular formula is C17H19BrO3. The Labute approximate surface area is 132 Å². The van der Waals surface area contributed by atoms with Crippen molar-refractivity contribution in [2.45, 2.75) is 39.0 Å². The molecule has 0 saturated carbocycles. The molecule has 4 heteroatoms. The van der Waals surface area contributed by atoms with Gasteiger partial charge in [-0.25, -0.2) is 4.79 Å². The fraction of sp³-hybridized carbons (Fsp3) is 0.353. The van der Waals surface area contributed by atoms with Crippen molar-refractivity contribution in [3.05, 3.63) is 62.1 Å². The van der Waals surface area contributed by atoms with Crippen molar-refractivity contribution in [1.82, 2.24) is 0 Å². The summed E-state index contributed by atoms with van der Waals surface area (Å²) in [5.74, 6) is 0.551. The summed E-state index contributed by atoms with van der Waals surface area (Å²) in [6.07, 6.45) is 3.66. The third-order valence-corrected chi connectivity index (χ3v) is 4.23. The highest BCUT2D eigenvalue weighted by Gasteiger charge is 2.16. The zero-order chi connectivity index (χ0) is 15.2. The van der Waals surface area contributed by atoms with Crippen molar-refractivity contribution >= 4 is 15.9 Å². The van der Waals surface area contributed by atoms with Crippen molar-refractivity contribution < 1.29 is 9.52 Å². The molecule has 0 spiro atoms. The van der Waals surface area contributed by atoms with Crippen LogP contribution in [0.4, 0.5) is 0 Å². The SMILES string of the molecule is CCCc1oc(=O)c(CCCc2ccccc2)c(O)c1Br. The minimum absolute atomic E-state index is 0.0303. The third-order valence-electron chi connectivity index (χ3n) is 3.41. The molecule has 2 aromatic rings. The molecule has 0 bridgehead atoms. The Morgan fingerprint density at radius 2 is 1.86 bits per heavy atom. The summed E-state index contributed by atoms with van der Waals surface area (Å²) in [6.45, 7) is 2.00. The van der Waals surface area contributed by atoms with Crippen LogP contribution in [0.2, 0.25) is 0 Å². The van der Waals surface area contributed by atoms with Crippen LogP contribution in [-0.4, -0.2) is 5.11 Å². The average molecular weight is 351 g/mol. The molecule has 0 unspecified atom stereocenters. The molecule has 1 aromatic heterocycles. The second-order valence-electron chi connectivity index (χ2n) is 5.04. The minimum atomic E-state index is -0.424. The lowest BCUT2D eigenvalue weighted by Crippen LogP contribution is -2.10. The Balaban J connectivity index is 2.10. The molecule has 112 valence electrons. The summed E-state index contributed by atoms with van der Waals surface area (Å²) < 4.78 is 5.81. The number of aryl methyl sites for hydroxylation is 2. The maximum Gasteiger partial charge on any atom is 0.342 e. The lowest BCUT2D eigenvalue weighted by molar-refractivity contribution is 0.404. The van der Waals surface area contributed by atoms with Gasteiger partial charge < -0.3 is 9.52 Å². The lowest BCUT2D eigenvalue weighted by Gasteiger charge is -2.08. The largest absolute Gasteiger partial charge is 0.506 e. The quantitative estimate of drug-likeness (QED) is 0.847. The van der Waals surface area contributed by atoms with Crippen LogP contribution in [0.15, 0.2) is 44.0 Å². The van der Waals surface area contributed by atoms with Crippen molar-refractivity contribution in [3.63, 3.8) is 0 Å². The Bertz CT molecular complexity index is 647. The van der Waals surface area contributed by atoms with Gasteiger partial charge in [0, 0.05) is 6.42 Å². The van der Waals surface area contributed by atoms with Crippen LogP contribution in [0.25, 0.3) is 0 Å². The standard InChI is InChI=1S/C17H19BrO3/c1-2-7-14-15(18)16(19)13(17(20)21-14)11-6-10-12-8-4-3-5-9-12/h3-5,8-9,19H,2,6-7,10-11H2,1H3. The first-order valence-electron chi connectivity index (χ1n) is 7.20. The van der Waals surface area contributed by atoms with Gasteiger partial charge in [0.2, 0.25) is 0 Å². The van der Waals surface area contributed by atoms with Crippen molar-refractivity contribution in [3.8, 4) is 5.75 Å². The second-order valence-corrected chi connectivity index (χ2v) is 5.84. The van der Waals surface area contributed by atoms with Gasteiger partial charge in [0.25, 0.3) is 0 Å². The number of hydrogen-bond acceptors (Lipinski definition) is 3. The summed E-state index contributed by atoms with van der Waals surface area (Å²) >= 11 is 3.32. The molecule has 0 radical (unpaired) electrons. The molecule has 1 heterocycles. The van der Waals surface area contributed by atoms with E-state index in [0.717, 1.165) is 19.3 Å². The van der Waals surface area contributed by atoms with E-state index in [4.69, 9.17) is 4.42 Å². The van der Waals surface area contributed by atoms with Crippen molar-refractivity contribution in [2.24, 2.45) is 0 Å². The first-order valence-corrected chi connectivity index (χ1v) is 8.00. The molecule has 3 nitrogen and oxygen atoms in total. The van der Waals surface area contributed by atoms with Crippen LogP contribution in [0, 0.1) is 0 Å². The second kappa shape index (κ2) is 7.46.